The van der Waals surface area contributed by atoms with Crippen LogP contribution in [-0.4, -0.2) is 28.6 Å². The number of aromatic nitrogens is 3. The van der Waals surface area contributed by atoms with E-state index in [-0.39, 0.29) is 0 Å². The van der Waals surface area contributed by atoms with Gasteiger partial charge in [-0.05, 0) is 24.3 Å². The van der Waals surface area contributed by atoms with Crippen LogP contribution in [0.2, 0.25) is 0 Å². The van der Waals surface area contributed by atoms with Gasteiger partial charge in [0.2, 0.25) is 0 Å². The van der Waals surface area contributed by atoms with Crippen molar-refractivity contribution in [3.05, 3.63) is 48.7 Å². The maximum Gasteiger partial charge on any atom is 0.180 e. The molecule has 0 spiro atoms. The molecule has 0 bridgehead atoms. The molecular formula is C18H16N4O2. The van der Waals surface area contributed by atoms with Gasteiger partial charge in [0, 0.05) is 5.56 Å². The van der Waals surface area contributed by atoms with Gasteiger partial charge in [-0.3, -0.25) is 4.40 Å². The lowest BCUT2D eigenvalue weighted by Crippen LogP contribution is -2.00. The molecule has 6 heteroatoms. The lowest BCUT2D eigenvalue weighted by molar-refractivity contribution is 0.356. The van der Waals surface area contributed by atoms with Crippen molar-refractivity contribution in [2.75, 3.05) is 20.0 Å². The summed E-state index contributed by atoms with van der Waals surface area (Å²) in [6.07, 6.45) is 1.77. The van der Waals surface area contributed by atoms with Gasteiger partial charge in [-0.2, -0.15) is 0 Å². The molecule has 0 unspecified atom stereocenters. The average molecular weight is 320 g/mol. The van der Waals surface area contributed by atoms with E-state index in [0.29, 0.717) is 23.0 Å². The van der Waals surface area contributed by atoms with Crippen molar-refractivity contribution in [3.8, 4) is 22.8 Å². The molecule has 0 fully saturated rings. The standard InChI is InChI=1S/C18H16N4O2/c1-23-15-9-5-6-11(16(15)24-2)14-10-20-18-17(19)21-12-7-3-4-8-13(12)22(14)18/h3-10H,1-2H3,(H2,19,21). The number of nitrogens with zero attached hydrogens (tertiary/aromatic N) is 3. The van der Waals surface area contributed by atoms with Crippen molar-refractivity contribution in [3.63, 3.8) is 0 Å². The first-order valence-electron chi connectivity index (χ1n) is 7.47. The molecule has 0 saturated carbocycles. The number of nitrogen functional groups attached to an aromatic ring is 1. The summed E-state index contributed by atoms with van der Waals surface area (Å²) in [5.74, 6) is 1.71. The van der Waals surface area contributed by atoms with E-state index in [9.17, 15) is 0 Å². The summed E-state index contributed by atoms with van der Waals surface area (Å²) in [6.45, 7) is 0. The maximum atomic E-state index is 6.09. The van der Waals surface area contributed by atoms with Crippen molar-refractivity contribution in [1.82, 2.24) is 14.4 Å². The number of methoxy groups -OCH3 is 2. The van der Waals surface area contributed by atoms with Gasteiger partial charge in [-0.25, -0.2) is 9.97 Å². The van der Waals surface area contributed by atoms with Crippen molar-refractivity contribution in [2.24, 2.45) is 0 Å². The number of anilines is 1. The summed E-state index contributed by atoms with van der Waals surface area (Å²) in [7, 11) is 3.24. The number of fused-ring (bicyclic) bond motifs is 3. The molecule has 0 aliphatic carbocycles. The van der Waals surface area contributed by atoms with E-state index in [1.54, 1.807) is 20.4 Å². The van der Waals surface area contributed by atoms with E-state index in [1.165, 1.54) is 0 Å². The molecule has 0 radical (unpaired) electrons. The smallest absolute Gasteiger partial charge is 0.180 e. The molecule has 120 valence electrons. The van der Waals surface area contributed by atoms with Crippen LogP contribution in [0.5, 0.6) is 11.5 Å². The van der Waals surface area contributed by atoms with Crippen LogP contribution in [0, 0.1) is 0 Å². The van der Waals surface area contributed by atoms with Gasteiger partial charge >= 0.3 is 0 Å². The summed E-state index contributed by atoms with van der Waals surface area (Å²) in [4.78, 5) is 8.88. The fourth-order valence-electron chi connectivity index (χ4n) is 2.98. The summed E-state index contributed by atoms with van der Waals surface area (Å²) in [5.41, 5.74) is 10.2. The van der Waals surface area contributed by atoms with E-state index in [1.807, 2.05) is 46.9 Å². The zero-order valence-electron chi connectivity index (χ0n) is 13.4. The Morgan fingerprint density at radius 2 is 1.83 bits per heavy atom. The van der Waals surface area contributed by atoms with Crippen molar-refractivity contribution < 1.29 is 9.47 Å². The Morgan fingerprint density at radius 3 is 2.62 bits per heavy atom. The first kappa shape index (κ1) is 14.3. The fourth-order valence-corrected chi connectivity index (χ4v) is 2.98. The van der Waals surface area contributed by atoms with Crippen molar-refractivity contribution in [1.29, 1.82) is 0 Å². The summed E-state index contributed by atoms with van der Waals surface area (Å²) < 4.78 is 13.0. The van der Waals surface area contributed by atoms with Gasteiger partial charge in [0.05, 0.1) is 37.1 Å². The van der Waals surface area contributed by atoms with Crippen LogP contribution in [0.25, 0.3) is 27.9 Å². The van der Waals surface area contributed by atoms with Crippen LogP contribution in [0.3, 0.4) is 0 Å². The van der Waals surface area contributed by atoms with Crippen LogP contribution >= 0.6 is 0 Å². The molecular weight excluding hydrogens is 304 g/mol. The molecule has 4 aromatic rings. The Bertz CT molecular complexity index is 1060. The number of nitrogens with two attached hydrogens (primary N) is 1. The topological polar surface area (TPSA) is 74.7 Å². The number of para-hydroxylation sites is 3. The van der Waals surface area contributed by atoms with Gasteiger partial charge in [0.1, 0.15) is 0 Å². The van der Waals surface area contributed by atoms with Crippen LogP contribution in [0.1, 0.15) is 0 Å². The lowest BCUT2D eigenvalue weighted by atomic mass is 10.1. The third-order valence-corrected chi connectivity index (χ3v) is 4.03. The third-order valence-electron chi connectivity index (χ3n) is 4.03. The molecule has 0 aliphatic heterocycles. The monoisotopic (exact) mass is 320 g/mol. The van der Waals surface area contributed by atoms with Gasteiger partial charge in [-0.15, -0.1) is 0 Å². The maximum absolute atomic E-state index is 6.09. The second-order valence-electron chi connectivity index (χ2n) is 5.33. The Balaban J connectivity index is 2.13. The van der Waals surface area contributed by atoms with Crippen molar-refractivity contribution in [2.45, 2.75) is 0 Å². The zero-order valence-corrected chi connectivity index (χ0v) is 13.4. The molecule has 0 saturated heterocycles. The molecule has 2 aromatic heterocycles. The molecule has 2 heterocycles. The van der Waals surface area contributed by atoms with Gasteiger partial charge in [-0.1, -0.05) is 18.2 Å². The summed E-state index contributed by atoms with van der Waals surface area (Å²) in [6, 6.07) is 13.6. The molecule has 2 N–H and O–H groups in total. The zero-order chi connectivity index (χ0) is 16.7. The Hall–Kier alpha value is -3.28. The molecule has 0 atom stereocenters. The number of hydrogen-bond donors (Lipinski definition) is 1. The molecule has 0 aliphatic rings. The third kappa shape index (κ3) is 1.96. The number of hydrogen-bond acceptors (Lipinski definition) is 5. The largest absolute Gasteiger partial charge is 0.493 e. The highest BCUT2D eigenvalue weighted by molar-refractivity contribution is 5.86. The summed E-state index contributed by atoms with van der Waals surface area (Å²) >= 11 is 0. The normalized spacial score (nSPS) is 11.1. The second kappa shape index (κ2) is 5.42. The number of benzene rings is 2. The van der Waals surface area contributed by atoms with E-state index in [4.69, 9.17) is 15.2 Å². The minimum Gasteiger partial charge on any atom is -0.493 e. The predicted octanol–water partition coefficient (Wildman–Crippen LogP) is 3.15. The van der Waals surface area contributed by atoms with Gasteiger partial charge < -0.3 is 15.2 Å². The first-order chi connectivity index (χ1) is 11.7. The number of imidazole rings is 1. The fraction of sp³-hybridized carbons (Fsp3) is 0.111. The van der Waals surface area contributed by atoms with Crippen LogP contribution in [0.15, 0.2) is 48.7 Å². The van der Waals surface area contributed by atoms with E-state index >= 15 is 0 Å². The number of ether oxygens (including phenoxy) is 2. The second-order valence-corrected chi connectivity index (χ2v) is 5.33. The molecule has 2 aromatic carbocycles. The minimum absolute atomic E-state index is 0.391. The quantitative estimate of drug-likeness (QED) is 0.627. The molecule has 6 nitrogen and oxygen atoms in total. The average Bonchev–Trinajstić information content (AvgIpc) is 3.07. The van der Waals surface area contributed by atoms with Gasteiger partial charge in [0.25, 0.3) is 0 Å². The van der Waals surface area contributed by atoms with Crippen LogP contribution < -0.4 is 15.2 Å². The summed E-state index contributed by atoms with van der Waals surface area (Å²) in [5, 5.41) is 0. The Kier molecular flexibility index (Phi) is 3.23. The molecule has 24 heavy (non-hydrogen) atoms. The highest BCUT2D eigenvalue weighted by atomic mass is 16.5. The highest BCUT2D eigenvalue weighted by Gasteiger charge is 2.18. The number of rotatable bonds is 3. The SMILES string of the molecule is COc1cccc(-c2cnc3c(N)nc4ccccc4n23)c1OC. The molecule has 0 amide bonds. The minimum atomic E-state index is 0.391. The van der Waals surface area contributed by atoms with E-state index in [0.717, 1.165) is 22.3 Å². The van der Waals surface area contributed by atoms with E-state index < -0.39 is 0 Å². The van der Waals surface area contributed by atoms with Gasteiger partial charge in [0.15, 0.2) is 23.0 Å². The van der Waals surface area contributed by atoms with Crippen molar-refractivity contribution >= 4 is 22.5 Å². The molecule has 4 rings (SSSR count). The lowest BCUT2D eigenvalue weighted by Gasteiger charge is -2.13. The highest BCUT2D eigenvalue weighted by Crippen LogP contribution is 2.39. The van der Waals surface area contributed by atoms with E-state index in [2.05, 4.69) is 9.97 Å². The predicted molar refractivity (Wildman–Crippen MR) is 93.4 cm³/mol. The Morgan fingerprint density at radius 1 is 1.00 bits per heavy atom. The van der Waals surface area contributed by atoms with Crippen LogP contribution in [0.4, 0.5) is 5.82 Å². The first-order valence-corrected chi connectivity index (χ1v) is 7.47. The van der Waals surface area contributed by atoms with Crippen LogP contribution in [-0.2, 0) is 0 Å². The Labute approximate surface area is 138 Å².